The smallest absolute Gasteiger partial charge is 0.221 e. The molecule has 3 N–H and O–H groups in total. The first kappa shape index (κ1) is 12.5. The van der Waals surface area contributed by atoms with E-state index in [1.807, 2.05) is 6.07 Å². The molecule has 1 unspecified atom stereocenters. The molecule has 0 spiro atoms. The summed E-state index contributed by atoms with van der Waals surface area (Å²) in [7, 11) is 0. The van der Waals surface area contributed by atoms with Crippen molar-refractivity contribution >= 4 is 11.6 Å². The number of anilines is 1. The van der Waals surface area contributed by atoms with Crippen molar-refractivity contribution in [3.63, 3.8) is 0 Å². The number of hydrogen-bond acceptors (Lipinski definition) is 3. The number of fused-ring (bicyclic) bond motifs is 1. The highest BCUT2D eigenvalue weighted by Gasteiger charge is 2.25. The Kier molecular flexibility index (Phi) is 3.42. The van der Waals surface area contributed by atoms with E-state index in [1.54, 1.807) is 0 Å². The molecular formula is C15H21N3O. The molecule has 0 radical (unpaired) electrons. The molecule has 1 aromatic rings. The molecule has 1 aliphatic carbocycles. The Morgan fingerprint density at radius 1 is 1.37 bits per heavy atom. The van der Waals surface area contributed by atoms with Crippen LogP contribution in [0.15, 0.2) is 24.3 Å². The Labute approximate surface area is 114 Å². The van der Waals surface area contributed by atoms with Crippen molar-refractivity contribution in [1.82, 2.24) is 5.32 Å². The minimum Gasteiger partial charge on any atom is -0.369 e. The zero-order chi connectivity index (χ0) is 13.2. The van der Waals surface area contributed by atoms with Gasteiger partial charge in [-0.25, -0.2) is 0 Å². The van der Waals surface area contributed by atoms with Gasteiger partial charge in [-0.05, 0) is 30.9 Å². The van der Waals surface area contributed by atoms with Crippen LogP contribution >= 0.6 is 0 Å². The third-order valence-corrected chi connectivity index (χ3v) is 3.82. The molecule has 1 heterocycles. The van der Waals surface area contributed by atoms with E-state index in [-0.39, 0.29) is 11.9 Å². The lowest BCUT2D eigenvalue weighted by molar-refractivity contribution is -0.121. The summed E-state index contributed by atoms with van der Waals surface area (Å²) < 4.78 is 0. The molecule has 2 aliphatic rings. The van der Waals surface area contributed by atoms with E-state index < -0.39 is 0 Å². The highest BCUT2D eigenvalue weighted by Crippen LogP contribution is 2.26. The molecule has 1 atom stereocenters. The van der Waals surface area contributed by atoms with Gasteiger partial charge in [-0.1, -0.05) is 18.2 Å². The molecule has 102 valence electrons. The van der Waals surface area contributed by atoms with Crippen LogP contribution in [0.2, 0.25) is 0 Å². The average molecular weight is 259 g/mol. The summed E-state index contributed by atoms with van der Waals surface area (Å²) in [5, 5.41) is 3.03. The summed E-state index contributed by atoms with van der Waals surface area (Å²) in [5.74, 6) is 0.166. The number of carbonyl (C=O) groups is 1. The number of nitrogens with two attached hydrogens (primary N) is 1. The van der Waals surface area contributed by atoms with E-state index >= 15 is 0 Å². The van der Waals surface area contributed by atoms with Gasteiger partial charge >= 0.3 is 0 Å². The number of rotatable bonds is 4. The van der Waals surface area contributed by atoms with Crippen molar-refractivity contribution < 1.29 is 4.79 Å². The average Bonchev–Trinajstić information content (AvgIpc) is 3.19. The van der Waals surface area contributed by atoms with Crippen molar-refractivity contribution in [3.05, 3.63) is 29.8 Å². The lowest BCUT2D eigenvalue weighted by Gasteiger charge is -2.34. The molecule has 0 bridgehead atoms. The number of para-hydroxylation sites is 1. The number of amides is 1. The van der Waals surface area contributed by atoms with Crippen LogP contribution in [-0.4, -0.2) is 31.1 Å². The first-order chi connectivity index (χ1) is 9.22. The van der Waals surface area contributed by atoms with Gasteiger partial charge in [0.25, 0.3) is 0 Å². The van der Waals surface area contributed by atoms with Crippen LogP contribution in [0.3, 0.4) is 0 Å². The molecule has 1 aromatic carbocycles. The Balaban J connectivity index is 1.62. The first-order valence-electron chi connectivity index (χ1n) is 7.10. The fourth-order valence-corrected chi connectivity index (χ4v) is 2.70. The summed E-state index contributed by atoms with van der Waals surface area (Å²) in [4.78, 5) is 14.0. The third kappa shape index (κ3) is 3.07. The van der Waals surface area contributed by atoms with Gasteiger partial charge in [-0.2, -0.15) is 0 Å². The maximum atomic E-state index is 11.8. The number of hydrogen-bond donors (Lipinski definition) is 2. The highest BCUT2D eigenvalue weighted by atomic mass is 16.1. The fraction of sp³-hybridized carbons (Fsp3) is 0.533. The van der Waals surface area contributed by atoms with Crippen LogP contribution in [0.1, 0.15) is 24.8 Å². The van der Waals surface area contributed by atoms with Crippen molar-refractivity contribution in [2.75, 3.05) is 18.0 Å². The number of benzene rings is 1. The molecule has 4 nitrogen and oxygen atoms in total. The summed E-state index contributed by atoms with van der Waals surface area (Å²) in [6, 6.07) is 8.97. The van der Waals surface area contributed by atoms with E-state index in [0.29, 0.717) is 12.5 Å². The van der Waals surface area contributed by atoms with E-state index in [1.165, 1.54) is 11.3 Å². The molecule has 1 aliphatic heterocycles. The van der Waals surface area contributed by atoms with Gasteiger partial charge in [0.1, 0.15) is 0 Å². The second-order valence-electron chi connectivity index (χ2n) is 5.63. The van der Waals surface area contributed by atoms with Gasteiger partial charge in [-0.15, -0.1) is 0 Å². The summed E-state index contributed by atoms with van der Waals surface area (Å²) >= 11 is 0. The zero-order valence-corrected chi connectivity index (χ0v) is 11.1. The van der Waals surface area contributed by atoms with E-state index in [4.69, 9.17) is 5.73 Å². The lowest BCUT2D eigenvalue weighted by Crippen LogP contribution is -2.44. The Morgan fingerprint density at radius 3 is 2.95 bits per heavy atom. The van der Waals surface area contributed by atoms with E-state index in [0.717, 1.165) is 32.4 Å². The quantitative estimate of drug-likeness (QED) is 0.849. The topological polar surface area (TPSA) is 58.4 Å². The molecule has 0 saturated heterocycles. The standard InChI is InChI=1S/C15H21N3O/c16-12-9-11-3-1-2-4-14(11)18(10-12)8-7-15(19)17-13-5-6-13/h1-4,12-13H,5-10,16H2,(H,17,19). The first-order valence-corrected chi connectivity index (χ1v) is 7.10. The third-order valence-electron chi connectivity index (χ3n) is 3.82. The van der Waals surface area contributed by atoms with Crippen molar-refractivity contribution in [3.8, 4) is 0 Å². The Bertz CT molecular complexity index is 470. The second-order valence-corrected chi connectivity index (χ2v) is 5.63. The maximum absolute atomic E-state index is 11.8. The normalized spacial score (nSPS) is 21.9. The molecule has 1 amide bonds. The van der Waals surface area contributed by atoms with E-state index in [9.17, 15) is 4.79 Å². The zero-order valence-electron chi connectivity index (χ0n) is 11.1. The van der Waals surface area contributed by atoms with Gasteiger partial charge in [0.15, 0.2) is 0 Å². The number of carbonyl (C=O) groups excluding carboxylic acids is 1. The van der Waals surface area contributed by atoms with Crippen LogP contribution in [0.5, 0.6) is 0 Å². The van der Waals surface area contributed by atoms with Crippen LogP contribution < -0.4 is 16.0 Å². The SMILES string of the molecule is NC1Cc2ccccc2N(CCC(=O)NC2CC2)C1. The highest BCUT2D eigenvalue weighted by molar-refractivity contribution is 5.77. The molecule has 0 aromatic heterocycles. The largest absolute Gasteiger partial charge is 0.369 e. The van der Waals surface area contributed by atoms with Gasteiger partial charge in [0, 0.05) is 37.3 Å². The molecule has 19 heavy (non-hydrogen) atoms. The molecule has 4 heteroatoms. The Morgan fingerprint density at radius 2 is 2.16 bits per heavy atom. The Hall–Kier alpha value is -1.55. The van der Waals surface area contributed by atoms with Crippen molar-refractivity contribution in [2.24, 2.45) is 5.73 Å². The van der Waals surface area contributed by atoms with Crippen LogP contribution in [0.4, 0.5) is 5.69 Å². The van der Waals surface area contributed by atoms with Gasteiger partial charge < -0.3 is 16.0 Å². The number of nitrogens with one attached hydrogen (secondary N) is 1. The summed E-state index contributed by atoms with van der Waals surface area (Å²) in [5.41, 5.74) is 8.63. The summed E-state index contributed by atoms with van der Waals surface area (Å²) in [6.07, 6.45) is 3.77. The summed E-state index contributed by atoms with van der Waals surface area (Å²) in [6.45, 7) is 1.59. The molecular weight excluding hydrogens is 238 g/mol. The number of nitrogens with zero attached hydrogens (tertiary/aromatic N) is 1. The minimum absolute atomic E-state index is 0.166. The van der Waals surface area contributed by atoms with Crippen LogP contribution in [0.25, 0.3) is 0 Å². The van der Waals surface area contributed by atoms with Crippen molar-refractivity contribution in [1.29, 1.82) is 0 Å². The predicted octanol–water partition coefficient (Wildman–Crippen LogP) is 1.05. The van der Waals surface area contributed by atoms with Crippen molar-refractivity contribution in [2.45, 2.75) is 37.8 Å². The maximum Gasteiger partial charge on any atom is 0.221 e. The van der Waals surface area contributed by atoms with Crippen LogP contribution in [0, 0.1) is 0 Å². The van der Waals surface area contributed by atoms with Crippen LogP contribution in [-0.2, 0) is 11.2 Å². The second kappa shape index (κ2) is 5.21. The van der Waals surface area contributed by atoms with Gasteiger partial charge in [-0.3, -0.25) is 4.79 Å². The molecule has 1 saturated carbocycles. The fourth-order valence-electron chi connectivity index (χ4n) is 2.70. The van der Waals surface area contributed by atoms with E-state index in [2.05, 4.69) is 28.4 Å². The molecule has 3 rings (SSSR count). The van der Waals surface area contributed by atoms with Gasteiger partial charge in [0.2, 0.25) is 5.91 Å². The lowest BCUT2D eigenvalue weighted by atomic mass is 9.98. The van der Waals surface area contributed by atoms with Gasteiger partial charge in [0.05, 0.1) is 0 Å². The minimum atomic E-state index is 0.166. The molecule has 1 fully saturated rings. The monoisotopic (exact) mass is 259 g/mol. The predicted molar refractivity (Wildman–Crippen MR) is 76.1 cm³/mol.